The molecule has 1 aromatic carbocycles. The lowest BCUT2D eigenvalue weighted by molar-refractivity contribution is -0.121. The molecule has 0 aliphatic carbocycles. The van der Waals surface area contributed by atoms with Gasteiger partial charge in [-0.1, -0.05) is 23.7 Å². The summed E-state index contributed by atoms with van der Waals surface area (Å²) in [7, 11) is 0. The number of rotatable bonds is 4. The van der Waals surface area contributed by atoms with Gasteiger partial charge in [-0.15, -0.1) is 22.7 Å². The van der Waals surface area contributed by atoms with Gasteiger partial charge in [0.15, 0.2) is 0 Å². The molecule has 0 aliphatic heterocycles. The zero-order valence-electron chi connectivity index (χ0n) is 15.5. The van der Waals surface area contributed by atoms with Gasteiger partial charge in [0.2, 0.25) is 5.91 Å². The lowest BCUT2D eigenvalue weighted by Crippen LogP contribution is -2.42. The Morgan fingerprint density at radius 2 is 2.00 bits per heavy atom. The monoisotopic (exact) mass is 445 g/mol. The number of hydrazine groups is 1. The van der Waals surface area contributed by atoms with Crippen molar-refractivity contribution in [2.24, 2.45) is 0 Å². The summed E-state index contributed by atoms with van der Waals surface area (Å²) in [6, 6.07) is 9.16. The molecule has 3 heterocycles. The summed E-state index contributed by atoms with van der Waals surface area (Å²) >= 11 is 9.00. The van der Waals surface area contributed by atoms with Gasteiger partial charge in [0.25, 0.3) is 5.91 Å². The van der Waals surface area contributed by atoms with Crippen LogP contribution in [0.3, 0.4) is 0 Å². The highest BCUT2D eigenvalue weighted by atomic mass is 35.5. The average molecular weight is 446 g/mol. The number of thiophene rings is 1. The maximum Gasteiger partial charge on any atom is 0.279 e. The molecule has 0 bridgehead atoms. The topological polar surface area (TPSA) is 88.9 Å². The minimum atomic E-state index is -0.389. The summed E-state index contributed by atoms with van der Waals surface area (Å²) in [5.74, 6) is -0.716. The maximum absolute atomic E-state index is 12.5. The molecule has 4 rings (SSSR count). The first-order valence-corrected chi connectivity index (χ1v) is 10.7. The number of amides is 2. The highest BCUT2D eigenvalue weighted by Gasteiger charge is 2.18. The summed E-state index contributed by atoms with van der Waals surface area (Å²) in [4.78, 5) is 30.1. The maximum atomic E-state index is 12.5. The Balaban J connectivity index is 1.51. The zero-order valence-corrected chi connectivity index (χ0v) is 17.9. The molecular formula is C19H16ClN5O2S2. The lowest BCUT2D eigenvalue weighted by atomic mass is 10.3. The molecule has 0 spiro atoms. The number of thiazole rings is 1. The Morgan fingerprint density at radius 3 is 2.72 bits per heavy atom. The third-order valence-corrected chi connectivity index (χ3v) is 6.54. The van der Waals surface area contributed by atoms with Crippen molar-refractivity contribution in [3.8, 4) is 5.69 Å². The molecule has 0 saturated heterocycles. The summed E-state index contributed by atoms with van der Waals surface area (Å²) in [5.41, 5.74) is 7.30. The van der Waals surface area contributed by atoms with E-state index in [9.17, 15) is 9.59 Å². The first-order chi connectivity index (χ1) is 13.9. The predicted molar refractivity (Wildman–Crippen MR) is 115 cm³/mol. The number of carbonyl (C=O) groups excluding carboxylic acids is 2. The van der Waals surface area contributed by atoms with Crippen LogP contribution < -0.4 is 10.9 Å². The van der Waals surface area contributed by atoms with Crippen molar-refractivity contribution in [2.75, 3.05) is 0 Å². The second-order valence-corrected chi connectivity index (χ2v) is 8.72. The Hall–Kier alpha value is -2.75. The van der Waals surface area contributed by atoms with Crippen LogP contribution in [0.1, 0.15) is 26.1 Å². The van der Waals surface area contributed by atoms with Gasteiger partial charge in [-0.2, -0.15) is 5.10 Å². The van der Waals surface area contributed by atoms with Crippen molar-refractivity contribution in [1.29, 1.82) is 0 Å². The highest BCUT2D eigenvalue weighted by Crippen LogP contribution is 2.32. The van der Waals surface area contributed by atoms with Gasteiger partial charge in [-0.05, 0) is 32.0 Å². The molecule has 0 fully saturated rings. The summed E-state index contributed by atoms with van der Waals surface area (Å²) in [6.07, 6.45) is 0.117. The number of halogens is 1. The second-order valence-electron chi connectivity index (χ2n) is 6.34. The van der Waals surface area contributed by atoms with Crippen LogP contribution in [0.4, 0.5) is 0 Å². The lowest BCUT2D eigenvalue weighted by Gasteiger charge is -2.05. The van der Waals surface area contributed by atoms with Crippen molar-refractivity contribution < 1.29 is 9.59 Å². The van der Waals surface area contributed by atoms with E-state index in [0.717, 1.165) is 27.3 Å². The van der Waals surface area contributed by atoms with Crippen LogP contribution in [0.25, 0.3) is 15.9 Å². The van der Waals surface area contributed by atoms with Crippen LogP contribution in [0.15, 0.2) is 35.7 Å². The SMILES string of the molecule is Cc1csc(CC(=O)NNC(=O)c2cc3c(C)nn(-c4ccccc4Cl)c3s2)n1. The molecule has 148 valence electrons. The predicted octanol–water partition coefficient (Wildman–Crippen LogP) is 3.82. The van der Waals surface area contributed by atoms with Gasteiger partial charge in [0.1, 0.15) is 9.84 Å². The smallest absolute Gasteiger partial charge is 0.273 e. The quantitative estimate of drug-likeness (QED) is 0.467. The normalized spacial score (nSPS) is 11.0. The van der Waals surface area contributed by atoms with E-state index in [1.54, 1.807) is 16.8 Å². The standard InChI is InChI=1S/C19H16ClN5O2S2/c1-10-9-28-17(21-10)8-16(26)22-23-18(27)15-7-12-11(2)24-25(19(12)29-15)14-6-4-3-5-13(14)20/h3-7,9H,8H2,1-2H3,(H,22,26)(H,23,27). The molecule has 29 heavy (non-hydrogen) atoms. The van der Waals surface area contributed by atoms with E-state index in [0.29, 0.717) is 14.9 Å². The molecule has 10 heteroatoms. The Bertz CT molecular complexity index is 1230. The van der Waals surface area contributed by atoms with Gasteiger partial charge < -0.3 is 0 Å². The summed E-state index contributed by atoms with van der Waals surface area (Å²) in [5, 5.41) is 8.55. The van der Waals surface area contributed by atoms with Crippen molar-refractivity contribution in [1.82, 2.24) is 25.6 Å². The molecular weight excluding hydrogens is 430 g/mol. The summed E-state index contributed by atoms with van der Waals surface area (Å²) in [6.45, 7) is 3.74. The zero-order chi connectivity index (χ0) is 20.5. The number of carbonyl (C=O) groups is 2. The minimum absolute atomic E-state index is 0.117. The second kappa shape index (κ2) is 7.94. The Morgan fingerprint density at radius 1 is 1.21 bits per heavy atom. The molecule has 0 aliphatic rings. The van der Waals surface area contributed by atoms with Crippen LogP contribution in [0.2, 0.25) is 5.02 Å². The first kappa shape index (κ1) is 19.6. The van der Waals surface area contributed by atoms with Crippen molar-refractivity contribution >= 4 is 56.3 Å². The molecule has 0 radical (unpaired) electrons. The number of nitrogens with one attached hydrogen (secondary N) is 2. The van der Waals surface area contributed by atoms with Crippen LogP contribution in [-0.2, 0) is 11.2 Å². The number of aryl methyl sites for hydroxylation is 2. The Kier molecular flexibility index (Phi) is 5.35. The third-order valence-electron chi connectivity index (χ3n) is 4.14. The van der Waals surface area contributed by atoms with Crippen LogP contribution in [0, 0.1) is 13.8 Å². The minimum Gasteiger partial charge on any atom is -0.273 e. The third kappa shape index (κ3) is 4.02. The van der Waals surface area contributed by atoms with Crippen LogP contribution in [-0.4, -0.2) is 26.6 Å². The number of para-hydroxylation sites is 1. The number of fused-ring (bicyclic) bond motifs is 1. The molecule has 3 aromatic heterocycles. The van der Waals surface area contributed by atoms with E-state index in [4.69, 9.17) is 11.6 Å². The molecule has 7 nitrogen and oxygen atoms in total. The average Bonchev–Trinajstić information content (AvgIpc) is 3.37. The number of nitrogens with zero attached hydrogens (tertiary/aromatic N) is 3. The Labute approximate surface area is 179 Å². The van der Waals surface area contributed by atoms with E-state index < -0.39 is 0 Å². The largest absolute Gasteiger partial charge is 0.279 e. The van der Waals surface area contributed by atoms with Gasteiger partial charge in [0.05, 0.1) is 27.7 Å². The molecule has 0 saturated carbocycles. The van der Waals surface area contributed by atoms with Crippen molar-refractivity contribution in [2.45, 2.75) is 20.3 Å². The van der Waals surface area contributed by atoms with Crippen LogP contribution in [0.5, 0.6) is 0 Å². The van der Waals surface area contributed by atoms with Gasteiger partial charge in [-0.25, -0.2) is 9.67 Å². The number of aromatic nitrogens is 3. The number of benzene rings is 1. The highest BCUT2D eigenvalue weighted by molar-refractivity contribution is 7.20. The first-order valence-electron chi connectivity index (χ1n) is 8.66. The number of hydrogen-bond donors (Lipinski definition) is 2. The van der Waals surface area contributed by atoms with E-state index in [1.165, 1.54) is 22.7 Å². The number of hydrogen-bond acceptors (Lipinski definition) is 6. The van der Waals surface area contributed by atoms with Crippen molar-refractivity contribution in [3.63, 3.8) is 0 Å². The van der Waals surface area contributed by atoms with Gasteiger partial charge >= 0.3 is 0 Å². The van der Waals surface area contributed by atoms with Crippen molar-refractivity contribution in [3.05, 3.63) is 62.0 Å². The van der Waals surface area contributed by atoms with Gasteiger partial charge in [0, 0.05) is 16.5 Å². The molecule has 0 atom stereocenters. The molecule has 0 unspecified atom stereocenters. The molecule has 2 N–H and O–H groups in total. The molecule has 2 amide bonds. The fourth-order valence-electron chi connectivity index (χ4n) is 2.80. The van der Waals surface area contributed by atoms with Gasteiger partial charge in [-0.3, -0.25) is 20.4 Å². The van der Waals surface area contributed by atoms with E-state index in [2.05, 4.69) is 20.9 Å². The fourth-order valence-corrected chi connectivity index (χ4v) is 4.86. The molecule has 4 aromatic rings. The van der Waals surface area contributed by atoms with Crippen LogP contribution >= 0.6 is 34.3 Å². The summed E-state index contributed by atoms with van der Waals surface area (Å²) < 4.78 is 1.73. The van der Waals surface area contributed by atoms with E-state index >= 15 is 0 Å². The fraction of sp³-hybridized carbons (Fsp3) is 0.158. The van der Waals surface area contributed by atoms with E-state index in [1.807, 2.05) is 37.4 Å². The van der Waals surface area contributed by atoms with E-state index in [-0.39, 0.29) is 18.2 Å².